The molecule has 0 bridgehead atoms. The Labute approximate surface area is 116 Å². The summed E-state index contributed by atoms with van der Waals surface area (Å²) >= 11 is 0. The Morgan fingerprint density at radius 3 is 3.05 bits per heavy atom. The van der Waals surface area contributed by atoms with Crippen molar-refractivity contribution in [3.8, 4) is 0 Å². The fraction of sp³-hybridized carbons (Fsp3) is 0.714. The number of aromatic nitrogens is 2. The maximum Gasteiger partial charge on any atom is 0.134 e. The molecule has 0 saturated carbocycles. The van der Waals surface area contributed by atoms with E-state index >= 15 is 0 Å². The second-order valence-electron chi connectivity index (χ2n) is 5.31. The normalized spacial score (nSPS) is 19.5. The largest absolute Gasteiger partial charge is 0.360 e. The molecular weight excluding hydrogens is 238 g/mol. The van der Waals surface area contributed by atoms with Gasteiger partial charge in [-0.2, -0.15) is 0 Å². The second-order valence-corrected chi connectivity index (χ2v) is 5.31. The van der Waals surface area contributed by atoms with E-state index in [1.54, 1.807) is 6.33 Å². The first-order chi connectivity index (χ1) is 9.20. The molecule has 0 amide bonds. The molecule has 1 N–H and O–H groups in total. The molecular formula is C14H25N5. The van der Waals surface area contributed by atoms with E-state index in [0.717, 1.165) is 37.8 Å². The zero-order valence-electron chi connectivity index (χ0n) is 12.3. The van der Waals surface area contributed by atoms with E-state index in [2.05, 4.69) is 52.0 Å². The quantitative estimate of drug-likeness (QED) is 0.872. The Bertz CT molecular complexity index is 395. The molecule has 106 valence electrons. The third-order valence-electron chi connectivity index (χ3n) is 3.57. The summed E-state index contributed by atoms with van der Waals surface area (Å²) in [5, 5.41) is 3.45. The summed E-state index contributed by atoms with van der Waals surface area (Å²) in [4.78, 5) is 13.3. The first kappa shape index (κ1) is 14.1. The zero-order valence-corrected chi connectivity index (χ0v) is 12.3. The highest BCUT2D eigenvalue weighted by molar-refractivity contribution is 5.50. The first-order valence-corrected chi connectivity index (χ1v) is 7.22. The Balaban J connectivity index is 2.05. The topological polar surface area (TPSA) is 44.3 Å². The van der Waals surface area contributed by atoms with E-state index in [-0.39, 0.29) is 0 Å². The van der Waals surface area contributed by atoms with Gasteiger partial charge in [0.05, 0.1) is 0 Å². The van der Waals surface area contributed by atoms with Gasteiger partial charge in [-0.3, -0.25) is 0 Å². The van der Waals surface area contributed by atoms with Crippen molar-refractivity contribution in [3.63, 3.8) is 0 Å². The molecule has 1 saturated heterocycles. The van der Waals surface area contributed by atoms with Crippen LogP contribution < -0.4 is 15.1 Å². The minimum atomic E-state index is 0.519. The summed E-state index contributed by atoms with van der Waals surface area (Å²) in [6.45, 7) is 8.51. The summed E-state index contributed by atoms with van der Waals surface area (Å²) in [7, 11) is 2.10. The van der Waals surface area contributed by atoms with Crippen LogP contribution in [-0.4, -0.2) is 49.2 Å². The average Bonchev–Trinajstić information content (AvgIpc) is 2.45. The van der Waals surface area contributed by atoms with Crippen molar-refractivity contribution in [1.29, 1.82) is 0 Å². The minimum Gasteiger partial charge on any atom is -0.360 e. The number of nitrogens with zero attached hydrogens (tertiary/aromatic N) is 4. The van der Waals surface area contributed by atoms with E-state index in [1.165, 1.54) is 12.8 Å². The van der Waals surface area contributed by atoms with Crippen molar-refractivity contribution < 1.29 is 0 Å². The molecule has 5 nitrogen and oxygen atoms in total. The van der Waals surface area contributed by atoms with Gasteiger partial charge in [-0.15, -0.1) is 0 Å². The maximum absolute atomic E-state index is 4.42. The van der Waals surface area contributed by atoms with E-state index in [4.69, 9.17) is 0 Å². The van der Waals surface area contributed by atoms with Crippen molar-refractivity contribution >= 4 is 11.6 Å². The summed E-state index contributed by atoms with van der Waals surface area (Å²) in [5.74, 6) is 2.06. The lowest BCUT2D eigenvalue weighted by molar-refractivity contribution is 0.482. The SMILES string of the molecule is CCCCN(C)c1cc(N2CCNC(C)C2)ncn1. The van der Waals surface area contributed by atoms with Crippen LogP contribution in [0.5, 0.6) is 0 Å². The number of piperazine rings is 1. The lowest BCUT2D eigenvalue weighted by atomic mass is 10.2. The van der Waals surface area contributed by atoms with Gasteiger partial charge in [0.2, 0.25) is 0 Å². The van der Waals surface area contributed by atoms with Gasteiger partial charge in [0.1, 0.15) is 18.0 Å². The number of hydrogen-bond acceptors (Lipinski definition) is 5. The molecule has 1 aliphatic rings. The Kier molecular flexibility index (Phi) is 4.96. The van der Waals surface area contributed by atoms with Crippen LogP contribution >= 0.6 is 0 Å². The predicted octanol–water partition coefficient (Wildman–Crippen LogP) is 1.51. The predicted molar refractivity (Wildman–Crippen MR) is 79.9 cm³/mol. The molecule has 19 heavy (non-hydrogen) atoms. The fourth-order valence-electron chi connectivity index (χ4n) is 2.37. The van der Waals surface area contributed by atoms with Crippen LogP contribution in [0.4, 0.5) is 11.6 Å². The molecule has 0 aliphatic carbocycles. The Morgan fingerprint density at radius 2 is 2.32 bits per heavy atom. The fourth-order valence-corrected chi connectivity index (χ4v) is 2.37. The van der Waals surface area contributed by atoms with Gasteiger partial charge in [0.25, 0.3) is 0 Å². The first-order valence-electron chi connectivity index (χ1n) is 7.22. The molecule has 0 radical (unpaired) electrons. The van der Waals surface area contributed by atoms with Crippen LogP contribution in [0.25, 0.3) is 0 Å². The number of hydrogen-bond donors (Lipinski definition) is 1. The maximum atomic E-state index is 4.42. The Hall–Kier alpha value is -1.36. The summed E-state index contributed by atoms with van der Waals surface area (Å²) in [6.07, 6.45) is 4.08. The van der Waals surface area contributed by atoms with Gasteiger partial charge in [0, 0.05) is 45.3 Å². The van der Waals surface area contributed by atoms with Crippen molar-refractivity contribution in [2.75, 3.05) is 43.0 Å². The smallest absolute Gasteiger partial charge is 0.134 e. The van der Waals surface area contributed by atoms with Crippen LogP contribution in [0.3, 0.4) is 0 Å². The van der Waals surface area contributed by atoms with Crippen LogP contribution in [0.2, 0.25) is 0 Å². The van der Waals surface area contributed by atoms with E-state index in [1.807, 2.05) is 0 Å². The number of rotatable bonds is 5. The van der Waals surface area contributed by atoms with Crippen molar-refractivity contribution in [2.45, 2.75) is 32.7 Å². The van der Waals surface area contributed by atoms with Gasteiger partial charge >= 0.3 is 0 Å². The molecule has 1 aromatic heterocycles. The molecule has 1 fully saturated rings. The zero-order chi connectivity index (χ0) is 13.7. The molecule has 2 heterocycles. The van der Waals surface area contributed by atoms with Crippen LogP contribution in [0.15, 0.2) is 12.4 Å². The van der Waals surface area contributed by atoms with Gasteiger partial charge in [-0.25, -0.2) is 9.97 Å². The average molecular weight is 263 g/mol. The van der Waals surface area contributed by atoms with E-state index in [9.17, 15) is 0 Å². The number of anilines is 2. The Morgan fingerprint density at radius 1 is 1.47 bits per heavy atom. The van der Waals surface area contributed by atoms with Crippen molar-refractivity contribution in [1.82, 2.24) is 15.3 Å². The van der Waals surface area contributed by atoms with Crippen molar-refractivity contribution in [2.24, 2.45) is 0 Å². The highest BCUT2D eigenvalue weighted by Crippen LogP contribution is 2.18. The monoisotopic (exact) mass is 263 g/mol. The highest BCUT2D eigenvalue weighted by Gasteiger charge is 2.17. The minimum absolute atomic E-state index is 0.519. The molecule has 1 atom stereocenters. The molecule has 1 aromatic rings. The molecule has 2 rings (SSSR count). The van der Waals surface area contributed by atoms with Gasteiger partial charge in [-0.05, 0) is 13.3 Å². The second kappa shape index (κ2) is 6.70. The van der Waals surface area contributed by atoms with Crippen LogP contribution in [0.1, 0.15) is 26.7 Å². The summed E-state index contributed by atoms with van der Waals surface area (Å²) in [5.41, 5.74) is 0. The van der Waals surface area contributed by atoms with Crippen molar-refractivity contribution in [3.05, 3.63) is 12.4 Å². The highest BCUT2D eigenvalue weighted by atomic mass is 15.3. The lowest BCUT2D eigenvalue weighted by Gasteiger charge is -2.33. The number of unbranched alkanes of at least 4 members (excludes halogenated alkanes) is 1. The molecule has 1 aliphatic heterocycles. The van der Waals surface area contributed by atoms with E-state index in [0.29, 0.717) is 6.04 Å². The van der Waals surface area contributed by atoms with E-state index < -0.39 is 0 Å². The van der Waals surface area contributed by atoms with Gasteiger partial charge in [-0.1, -0.05) is 13.3 Å². The summed E-state index contributed by atoms with van der Waals surface area (Å²) < 4.78 is 0. The standard InChI is InChI=1S/C14H25N5/c1-4-5-7-18(3)13-9-14(17-11-16-13)19-8-6-15-12(2)10-19/h9,11-12,15H,4-8,10H2,1-3H3. The van der Waals surface area contributed by atoms with Gasteiger partial charge in [0.15, 0.2) is 0 Å². The van der Waals surface area contributed by atoms with Gasteiger partial charge < -0.3 is 15.1 Å². The molecule has 0 aromatic carbocycles. The lowest BCUT2D eigenvalue weighted by Crippen LogP contribution is -2.49. The van der Waals surface area contributed by atoms with Crippen LogP contribution in [-0.2, 0) is 0 Å². The third kappa shape index (κ3) is 3.80. The molecule has 1 unspecified atom stereocenters. The number of nitrogens with one attached hydrogen (secondary N) is 1. The molecule has 0 spiro atoms. The summed E-state index contributed by atoms with van der Waals surface area (Å²) in [6, 6.07) is 2.62. The third-order valence-corrected chi connectivity index (χ3v) is 3.57. The molecule has 5 heteroatoms. The van der Waals surface area contributed by atoms with Crippen LogP contribution in [0, 0.1) is 0 Å².